The fourth-order valence-corrected chi connectivity index (χ4v) is 5.70. The maximum absolute atomic E-state index is 12.7. The number of benzene rings is 1. The molecule has 4 heteroatoms. The minimum Gasteiger partial charge on any atom is -0.326 e. The van der Waals surface area contributed by atoms with Crippen LogP contribution in [0.15, 0.2) is 18.2 Å². The largest absolute Gasteiger partial charge is 0.326 e. The molecule has 1 amide bonds. The van der Waals surface area contributed by atoms with Crippen LogP contribution in [0.5, 0.6) is 0 Å². The Labute approximate surface area is 147 Å². The van der Waals surface area contributed by atoms with Crippen molar-refractivity contribution in [3.8, 4) is 0 Å². The summed E-state index contributed by atoms with van der Waals surface area (Å²) in [6, 6.07) is 6.17. The first kappa shape index (κ1) is 15.8. The Morgan fingerprint density at radius 2 is 1.70 bits per heavy atom. The highest BCUT2D eigenvalue weighted by molar-refractivity contribution is 6.51. The van der Waals surface area contributed by atoms with Crippen molar-refractivity contribution in [1.82, 2.24) is 0 Å². The summed E-state index contributed by atoms with van der Waals surface area (Å²) in [5, 5.41) is 3.14. The number of alkyl halides is 2. The standard InChI is InChI=1S/C19H23Cl2NO/c1-10-3-8-16(11(2)9-10)22-18(23)17-12-4-6-14-15(19(14,20)21)7-5-13(12)17/h3,8-9,12-15,17H,4-7H2,1-2H3,(H,22,23)/t12-,13+,14-,15-,17?/m1/s1. The Balaban J connectivity index is 1.40. The minimum atomic E-state index is -0.479. The summed E-state index contributed by atoms with van der Waals surface area (Å²) in [6.07, 6.45) is 4.34. The van der Waals surface area contributed by atoms with E-state index in [-0.39, 0.29) is 11.8 Å². The van der Waals surface area contributed by atoms with Gasteiger partial charge in [0.15, 0.2) is 0 Å². The van der Waals surface area contributed by atoms with Gasteiger partial charge in [-0.3, -0.25) is 4.79 Å². The second-order valence-corrected chi connectivity index (χ2v) is 9.15. The zero-order valence-electron chi connectivity index (χ0n) is 13.6. The molecule has 3 aliphatic rings. The number of carbonyl (C=O) groups excluding carboxylic acids is 1. The van der Waals surface area contributed by atoms with Crippen molar-refractivity contribution in [3.63, 3.8) is 0 Å². The molecule has 0 bridgehead atoms. The maximum atomic E-state index is 12.7. The van der Waals surface area contributed by atoms with Crippen LogP contribution in [0, 0.1) is 43.4 Å². The van der Waals surface area contributed by atoms with Gasteiger partial charge in [0, 0.05) is 11.6 Å². The number of amides is 1. The molecule has 1 aromatic carbocycles. The highest BCUT2D eigenvalue weighted by Crippen LogP contribution is 2.67. The number of aryl methyl sites for hydroxylation is 2. The van der Waals surface area contributed by atoms with Crippen molar-refractivity contribution in [2.45, 2.75) is 43.9 Å². The molecule has 0 heterocycles. The van der Waals surface area contributed by atoms with Crippen LogP contribution in [0.1, 0.15) is 36.8 Å². The molecule has 124 valence electrons. The van der Waals surface area contributed by atoms with Crippen LogP contribution in [0.3, 0.4) is 0 Å². The monoisotopic (exact) mass is 351 g/mol. The van der Waals surface area contributed by atoms with E-state index in [0.717, 1.165) is 36.9 Å². The van der Waals surface area contributed by atoms with Gasteiger partial charge < -0.3 is 5.32 Å². The first-order valence-electron chi connectivity index (χ1n) is 8.65. The van der Waals surface area contributed by atoms with Gasteiger partial charge in [0.25, 0.3) is 0 Å². The predicted molar refractivity (Wildman–Crippen MR) is 94.9 cm³/mol. The number of hydrogen-bond acceptors (Lipinski definition) is 1. The summed E-state index contributed by atoms with van der Waals surface area (Å²) in [5.41, 5.74) is 3.30. The van der Waals surface area contributed by atoms with E-state index in [1.807, 2.05) is 19.1 Å². The van der Waals surface area contributed by atoms with Crippen LogP contribution < -0.4 is 5.32 Å². The van der Waals surface area contributed by atoms with Crippen molar-refractivity contribution in [1.29, 1.82) is 0 Å². The summed E-state index contributed by atoms with van der Waals surface area (Å²) >= 11 is 12.7. The highest BCUT2D eigenvalue weighted by atomic mass is 35.5. The van der Waals surface area contributed by atoms with Gasteiger partial charge in [-0.1, -0.05) is 17.7 Å². The van der Waals surface area contributed by atoms with Crippen LogP contribution in [-0.2, 0) is 4.79 Å². The van der Waals surface area contributed by atoms with E-state index >= 15 is 0 Å². The molecule has 0 spiro atoms. The number of nitrogens with one attached hydrogen (secondary N) is 1. The van der Waals surface area contributed by atoms with Crippen LogP contribution in [0.2, 0.25) is 0 Å². The van der Waals surface area contributed by atoms with E-state index in [1.165, 1.54) is 5.56 Å². The molecule has 3 fully saturated rings. The average Bonchev–Trinajstić information content (AvgIpc) is 3.26. The molecule has 1 unspecified atom stereocenters. The van der Waals surface area contributed by atoms with Crippen molar-refractivity contribution in [2.24, 2.45) is 29.6 Å². The van der Waals surface area contributed by atoms with E-state index in [1.54, 1.807) is 0 Å². The van der Waals surface area contributed by atoms with Crippen LogP contribution >= 0.6 is 23.2 Å². The molecule has 23 heavy (non-hydrogen) atoms. The van der Waals surface area contributed by atoms with Crippen LogP contribution in [-0.4, -0.2) is 10.2 Å². The molecule has 0 radical (unpaired) electrons. The van der Waals surface area contributed by atoms with Crippen LogP contribution in [0.25, 0.3) is 0 Å². The summed E-state index contributed by atoms with van der Waals surface area (Å²) in [7, 11) is 0. The first-order valence-corrected chi connectivity index (χ1v) is 9.41. The Morgan fingerprint density at radius 1 is 1.09 bits per heavy atom. The SMILES string of the molecule is Cc1ccc(NC(=O)C2[C@H]3CC[C@@H]4[C@@H](CC[C@@H]23)C4(Cl)Cl)c(C)c1. The smallest absolute Gasteiger partial charge is 0.228 e. The third kappa shape index (κ3) is 2.68. The molecule has 0 aromatic heterocycles. The molecule has 0 aliphatic heterocycles. The number of anilines is 1. The molecule has 2 nitrogen and oxygen atoms in total. The normalized spacial score (nSPS) is 37.0. The van der Waals surface area contributed by atoms with Crippen molar-refractivity contribution in [3.05, 3.63) is 29.3 Å². The zero-order valence-corrected chi connectivity index (χ0v) is 15.1. The topological polar surface area (TPSA) is 29.1 Å². The van der Waals surface area contributed by atoms with Crippen molar-refractivity contribution < 1.29 is 4.79 Å². The number of halogens is 2. The third-order valence-electron chi connectivity index (χ3n) is 6.26. The van der Waals surface area contributed by atoms with Gasteiger partial charge >= 0.3 is 0 Å². The molecule has 4 rings (SSSR count). The van der Waals surface area contributed by atoms with Gasteiger partial charge in [-0.05, 0) is 74.8 Å². The number of fused-ring (bicyclic) bond motifs is 2. The molecule has 3 aliphatic carbocycles. The molecule has 3 saturated carbocycles. The fourth-order valence-electron chi connectivity index (χ4n) is 4.78. The van der Waals surface area contributed by atoms with E-state index in [2.05, 4.69) is 18.3 Å². The van der Waals surface area contributed by atoms with Gasteiger partial charge in [-0.2, -0.15) is 0 Å². The lowest BCUT2D eigenvalue weighted by atomic mass is 10.0. The van der Waals surface area contributed by atoms with E-state index in [0.29, 0.717) is 23.7 Å². The van der Waals surface area contributed by atoms with E-state index < -0.39 is 4.33 Å². The van der Waals surface area contributed by atoms with E-state index in [4.69, 9.17) is 23.2 Å². The van der Waals surface area contributed by atoms with Gasteiger partial charge in [0.1, 0.15) is 4.33 Å². The van der Waals surface area contributed by atoms with Crippen molar-refractivity contribution >= 4 is 34.8 Å². The molecule has 5 atom stereocenters. The Morgan fingerprint density at radius 3 is 2.26 bits per heavy atom. The summed E-state index contributed by atoms with van der Waals surface area (Å²) in [5.74, 6) is 2.36. The van der Waals surface area contributed by atoms with Crippen LogP contribution in [0.4, 0.5) is 5.69 Å². The molecule has 1 aromatic rings. The second-order valence-electron chi connectivity index (χ2n) is 7.70. The van der Waals surface area contributed by atoms with E-state index in [9.17, 15) is 4.79 Å². The van der Waals surface area contributed by atoms with Crippen molar-refractivity contribution in [2.75, 3.05) is 5.32 Å². The number of carbonyl (C=O) groups is 1. The zero-order chi connectivity index (χ0) is 16.4. The van der Waals surface area contributed by atoms with Gasteiger partial charge in [0.2, 0.25) is 5.91 Å². The highest BCUT2D eigenvalue weighted by Gasteiger charge is 2.65. The molecular weight excluding hydrogens is 329 g/mol. The third-order valence-corrected chi connectivity index (χ3v) is 7.38. The number of rotatable bonds is 2. The fraction of sp³-hybridized carbons (Fsp3) is 0.632. The Hall–Kier alpha value is -0.730. The summed E-state index contributed by atoms with van der Waals surface area (Å²) < 4.78 is -0.479. The summed E-state index contributed by atoms with van der Waals surface area (Å²) in [4.78, 5) is 12.7. The number of hydrogen-bond donors (Lipinski definition) is 1. The quantitative estimate of drug-likeness (QED) is 0.738. The Kier molecular flexibility index (Phi) is 3.70. The lowest BCUT2D eigenvalue weighted by Crippen LogP contribution is -2.16. The maximum Gasteiger partial charge on any atom is 0.228 e. The average molecular weight is 352 g/mol. The minimum absolute atomic E-state index is 0.188. The molecular formula is C19H23Cl2NO. The summed E-state index contributed by atoms with van der Waals surface area (Å²) in [6.45, 7) is 4.12. The predicted octanol–water partition coefficient (Wildman–Crippen LogP) is 5.10. The molecule has 0 saturated heterocycles. The molecule has 1 N–H and O–H groups in total. The van der Waals surface area contributed by atoms with Gasteiger partial charge in [-0.25, -0.2) is 0 Å². The Bertz CT molecular complexity index is 635. The van der Waals surface area contributed by atoms with Gasteiger partial charge in [-0.15, -0.1) is 23.2 Å². The first-order chi connectivity index (χ1) is 10.9. The van der Waals surface area contributed by atoms with Gasteiger partial charge in [0.05, 0.1) is 0 Å². The lowest BCUT2D eigenvalue weighted by molar-refractivity contribution is -0.117. The lowest BCUT2D eigenvalue weighted by Gasteiger charge is -2.09. The second kappa shape index (κ2) is 5.39.